The van der Waals surface area contributed by atoms with Gasteiger partial charge in [-0.15, -0.1) is 0 Å². The predicted octanol–water partition coefficient (Wildman–Crippen LogP) is 1.08. The summed E-state index contributed by atoms with van der Waals surface area (Å²) in [6, 6.07) is 0. The number of amides is 1. The number of aryl methyl sites for hydroxylation is 2. The molecule has 0 unspecified atom stereocenters. The van der Waals surface area contributed by atoms with E-state index in [4.69, 9.17) is 10.5 Å². The van der Waals surface area contributed by atoms with Gasteiger partial charge in [-0.2, -0.15) is 5.10 Å². The van der Waals surface area contributed by atoms with Crippen LogP contribution in [0.1, 0.15) is 15.4 Å². The van der Waals surface area contributed by atoms with Gasteiger partial charge >= 0.3 is 0 Å². The maximum atomic E-state index is 12.2. The fourth-order valence-corrected chi connectivity index (χ4v) is 2.54. The molecule has 2 aromatic heterocycles. The number of carbonyl (C=O) groups excluding carboxylic acids is 1. The summed E-state index contributed by atoms with van der Waals surface area (Å²) in [5.74, 6) is -0.0835. The number of hydrogen-bond donors (Lipinski definition) is 3. The molecule has 0 saturated carbocycles. The Balaban J connectivity index is 2.07. The molecule has 0 aliphatic heterocycles. The topological polar surface area (TPSA) is 107 Å². The Morgan fingerprint density at radius 3 is 2.95 bits per heavy atom. The Bertz CT molecular complexity index is 636. The minimum Gasteiger partial charge on any atom is -0.383 e. The van der Waals surface area contributed by atoms with Gasteiger partial charge in [-0.05, 0) is 6.92 Å². The van der Waals surface area contributed by atoms with Crippen molar-refractivity contribution >= 4 is 33.9 Å². The van der Waals surface area contributed by atoms with Crippen LogP contribution in [0.5, 0.6) is 0 Å². The lowest BCUT2D eigenvalue weighted by atomic mass is 10.4. The highest BCUT2D eigenvalue weighted by molar-refractivity contribution is 7.18. The maximum Gasteiger partial charge on any atom is 0.269 e. The van der Waals surface area contributed by atoms with Crippen LogP contribution in [0.4, 0.5) is 16.6 Å². The fraction of sp³-hybridized carbons (Fsp3) is 0.417. The van der Waals surface area contributed by atoms with E-state index in [9.17, 15) is 4.79 Å². The number of hydrogen-bond acceptors (Lipinski definition) is 7. The molecule has 4 N–H and O–H groups in total. The molecule has 0 atom stereocenters. The number of ether oxygens (including phenoxy) is 1. The van der Waals surface area contributed by atoms with E-state index in [-0.39, 0.29) is 11.7 Å². The molecule has 0 fully saturated rings. The van der Waals surface area contributed by atoms with E-state index in [0.717, 1.165) is 5.69 Å². The van der Waals surface area contributed by atoms with Gasteiger partial charge in [0.15, 0.2) is 5.13 Å². The van der Waals surface area contributed by atoms with Crippen molar-refractivity contribution in [3.63, 3.8) is 0 Å². The molecule has 2 rings (SSSR count). The third-order valence-corrected chi connectivity index (χ3v) is 3.73. The van der Waals surface area contributed by atoms with Crippen molar-refractivity contribution in [2.75, 3.05) is 36.6 Å². The fourth-order valence-electron chi connectivity index (χ4n) is 1.73. The number of rotatable bonds is 6. The third-order valence-electron chi connectivity index (χ3n) is 2.70. The summed E-state index contributed by atoms with van der Waals surface area (Å²) < 4.78 is 6.57. The molecular formula is C12H18N6O2S. The molecule has 0 aromatic carbocycles. The molecule has 0 aliphatic carbocycles. The zero-order chi connectivity index (χ0) is 15.4. The second-order valence-electron chi connectivity index (χ2n) is 4.41. The first-order valence-corrected chi connectivity index (χ1v) is 7.13. The van der Waals surface area contributed by atoms with Gasteiger partial charge in [-0.3, -0.25) is 9.48 Å². The van der Waals surface area contributed by atoms with E-state index < -0.39 is 0 Å². The van der Waals surface area contributed by atoms with E-state index in [2.05, 4.69) is 20.7 Å². The summed E-state index contributed by atoms with van der Waals surface area (Å²) in [6.07, 6.45) is 1.74. The van der Waals surface area contributed by atoms with Gasteiger partial charge in [0.25, 0.3) is 5.91 Å². The van der Waals surface area contributed by atoms with E-state index in [1.807, 2.05) is 6.92 Å². The van der Waals surface area contributed by atoms with Crippen LogP contribution in [0.2, 0.25) is 0 Å². The Kier molecular flexibility index (Phi) is 4.76. The zero-order valence-electron chi connectivity index (χ0n) is 12.1. The van der Waals surface area contributed by atoms with Gasteiger partial charge in [-0.1, -0.05) is 11.3 Å². The molecule has 0 aliphatic rings. The number of anilines is 3. The number of methoxy groups -OCH3 is 1. The van der Waals surface area contributed by atoms with Gasteiger partial charge in [0.1, 0.15) is 10.7 Å². The largest absolute Gasteiger partial charge is 0.383 e. The van der Waals surface area contributed by atoms with Crippen LogP contribution in [0.3, 0.4) is 0 Å². The number of nitrogens with one attached hydrogen (secondary N) is 2. The van der Waals surface area contributed by atoms with Crippen LogP contribution in [0.25, 0.3) is 0 Å². The number of nitrogens with two attached hydrogens (primary N) is 1. The average Bonchev–Trinajstić information content (AvgIpc) is 2.93. The first-order valence-electron chi connectivity index (χ1n) is 6.32. The Morgan fingerprint density at radius 1 is 1.57 bits per heavy atom. The van der Waals surface area contributed by atoms with Crippen LogP contribution in [-0.2, 0) is 11.8 Å². The van der Waals surface area contributed by atoms with Crippen LogP contribution in [0, 0.1) is 6.92 Å². The SMILES string of the molecule is COCCNc1nc(N)c(C(=O)Nc2cn(C)nc2C)s1. The van der Waals surface area contributed by atoms with Gasteiger partial charge in [0.2, 0.25) is 0 Å². The lowest BCUT2D eigenvalue weighted by Crippen LogP contribution is -2.12. The molecule has 114 valence electrons. The van der Waals surface area contributed by atoms with Crippen molar-refractivity contribution < 1.29 is 9.53 Å². The highest BCUT2D eigenvalue weighted by atomic mass is 32.1. The summed E-state index contributed by atoms with van der Waals surface area (Å²) in [7, 11) is 3.41. The molecule has 2 aromatic rings. The van der Waals surface area contributed by atoms with Crippen LogP contribution < -0.4 is 16.4 Å². The number of nitrogens with zero attached hydrogens (tertiary/aromatic N) is 3. The van der Waals surface area contributed by atoms with Crippen molar-refractivity contribution in [2.45, 2.75) is 6.92 Å². The predicted molar refractivity (Wildman–Crippen MR) is 82.8 cm³/mol. The van der Waals surface area contributed by atoms with Crippen molar-refractivity contribution in [1.29, 1.82) is 0 Å². The van der Waals surface area contributed by atoms with Crippen LogP contribution in [0.15, 0.2) is 6.20 Å². The normalized spacial score (nSPS) is 10.6. The van der Waals surface area contributed by atoms with Crippen molar-refractivity contribution in [3.8, 4) is 0 Å². The molecule has 0 bridgehead atoms. The van der Waals surface area contributed by atoms with Gasteiger partial charge in [-0.25, -0.2) is 4.98 Å². The standard InChI is InChI=1S/C12H18N6O2S/c1-7-8(6-18(2)17-7)15-11(19)9-10(13)16-12(21-9)14-4-5-20-3/h6H,4-5,13H2,1-3H3,(H,14,16)(H,15,19). The minimum absolute atomic E-state index is 0.207. The first kappa shape index (κ1) is 15.3. The molecule has 9 heteroatoms. The molecule has 8 nitrogen and oxygen atoms in total. The number of carbonyl (C=O) groups is 1. The number of thiazole rings is 1. The summed E-state index contributed by atoms with van der Waals surface area (Å²) in [5, 5.41) is 10.6. The van der Waals surface area contributed by atoms with Gasteiger partial charge < -0.3 is 21.1 Å². The Labute approximate surface area is 126 Å². The average molecular weight is 310 g/mol. The summed E-state index contributed by atoms with van der Waals surface area (Å²) in [6.45, 7) is 2.98. The second kappa shape index (κ2) is 6.55. The lowest BCUT2D eigenvalue weighted by molar-refractivity contribution is 0.103. The molecule has 21 heavy (non-hydrogen) atoms. The quantitative estimate of drug-likeness (QED) is 0.689. The minimum atomic E-state index is -0.291. The number of nitrogen functional groups attached to an aromatic ring is 1. The van der Waals surface area contributed by atoms with E-state index in [1.54, 1.807) is 25.0 Å². The molecular weight excluding hydrogens is 292 g/mol. The molecule has 0 spiro atoms. The van der Waals surface area contributed by atoms with E-state index in [0.29, 0.717) is 28.8 Å². The zero-order valence-corrected chi connectivity index (χ0v) is 13.0. The third kappa shape index (κ3) is 3.70. The van der Waals surface area contributed by atoms with E-state index >= 15 is 0 Å². The first-order chi connectivity index (χ1) is 10.0. The Morgan fingerprint density at radius 2 is 2.33 bits per heavy atom. The Hall–Kier alpha value is -2.13. The van der Waals surface area contributed by atoms with Crippen LogP contribution in [-0.4, -0.2) is 40.9 Å². The molecule has 0 radical (unpaired) electrons. The summed E-state index contributed by atoms with van der Waals surface area (Å²) in [4.78, 5) is 16.7. The second-order valence-corrected chi connectivity index (χ2v) is 5.41. The summed E-state index contributed by atoms with van der Waals surface area (Å²) >= 11 is 1.21. The summed E-state index contributed by atoms with van der Waals surface area (Å²) in [5.41, 5.74) is 7.19. The lowest BCUT2D eigenvalue weighted by Gasteiger charge is -2.01. The smallest absolute Gasteiger partial charge is 0.269 e. The van der Waals surface area contributed by atoms with Crippen molar-refractivity contribution in [3.05, 3.63) is 16.8 Å². The van der Waals surface area contributed by atoms with Gasteiger partial charge in [0, 0.05) is 26.9 Å². The molecule has 0 saturated heterocycles. The van der Waals surface area contributed by atoms with Crippen molar-refractivity contribution in [2.24, 2.45) is 7.05 Å². The van der Waals surface area contributed by atoms with Gasteiger partial charge in [0.05, 0.1) is 18.0 Å². The highest BCUT2D eigenvalue weighted by Gasteiger charge is 2.17. The monoisotopic (exact) mass is 310 g/mol. The highest BCUT2D eigenvalue weighted by Crippen LogP contribution is 2.26. The maximum absolute atomic E-state index is 12.2. The molecule has 2 heterocycles. The number of aromatic nitrogens is 3. The van der Waals surface area contributed by atoms with Crippen molar-refractivity contribution in [1.82, 2.24) is 14.8 Å². The van der Waals surface area contributed by atoms with E-state index in [1.165, 1.54) is 11.3 Å². The molecule has 1 amide bonds. The van der Waals surface area contributed by atoms with Crippen LogP contribution >= 0.6 is 11.3 Å².